The smallest absolute Gasteiger partial charge is 0 e. The Morgan fingerprint density at radius 2 is 1.75 bits per heavy atom. The van der Waals surface area contributed by atoms with Crippen LogP contribution in [0.5, 0.6) is 0 Å². The predicted molar refractivity (Wildman–Crippen MR) is 87.1 cm³/mol. The van der Waals surface area contributed by atoms with Gasteiger partial charge in [0.2, 0.25) is 0 Å². The largest absolute Gasteiger partial charge is 0.224 e. The van der Waals surface area contributed by atoms with Crippen LogP contribution in [0.4, 0.5) is 0 Å². The molecule has 1 aromatic rings. The van der Waals surface area contributed by atoms with Crippen molar-refractivity contribution in [3.8, 4) is 0 Å². The van der Waals surface area contributed by atoms with E-state index in [1.54, 1.807) is 5.57 Å². The van der Waals surface area contributed by atoms with Gasteiger partial charge in [0.15, 0.2) is 0 Å². The van der Waals surface area contributed by atoms with Crippen LogP contribution in [0.3, 0.4) is 0 Å². The normalized spacial score (nSPS) is 26.6. The molecular formula is C17H21Cl2Zr-. The minimum atomic E-state index is 0. The average molecular weight is 387 g/mol. The molecule has 3 unspecified atom stereocenters. The first kappa shape index (κ1) is 20.0. The zero-order chi connectivity index (χ0) is 11.7. The Hall–Kier alpha value is 0.0331. The molecule has 20 heavy (non-hydrogen) atoms. The van der Waals surface area contributed by atoms with Crippen LogP contribution in [0.15, 0.2) is 54.1 Å². The minimum Gasteiger partial charge on any atom is -0.224 e. The van der Waals surface area contributed by atoms with E-state index < -0.39 is 0 Å². The molecule has 0 heterocycles. The second-order valence-electron chi connectivity index (χ2n) is 5.33. The molecule has 3 atom stereocenters. The molecule has 3 rings (SSSR count). The summed E-state index contributed by atoms with van der Waals surface area (Å²) < 4.78 is 0. The number of allylic oxidation sites excluding steroid dienone is 4. The van der Waals surface area contributed by atoms with Crippen molar-refractivity contribution < 1.29 is 26.2 Å². The van der Waals surface area contributed by atoms with E-state index in [9.17, 15) is 0 Å². The van der Waals surface area contributed by atoms with Crippen LogP contribution in [-0.4, -0.2) is 0 Å². The Morgan fingerprint density at radius 3 is 2.45 bits per heavy atom. The molecule has 1 fully saturated rings. The molecule has 0 aliphatic heterocycles. The molecule has 2 aliphatic rings. The van der Waals surface area contributed by atoms with Crippen molar-refractivity contribution in [1.29, 1.82) is 0 Å². The molecule has 0 bridgehead atoms. The van der Waals surface area contributed by atoms with Crippen molar-refractivity contribution in [3.63, 3.8) is 0 Å². The van der Waals surface area contributed by atoms with Gasteiger partial charge in [0.05, 0.1) is 0 Å². The Labute approximate surface area is 154 Å². The standard InChI is InChI=1S/C17H19.2ClH.Zr/c1-13-11-15-9-5-6-10-16(17(15)12-13)14-7-3-2-4-8-14;;;/h2-9,11,13,16-17H,10,12H2,1H3;2*1H;/q-1;;;. The number of hydrogen-bond donors (Lipinski definition) is 0. The maximum atomic E-state index is 2.45. The summed E-state index contributed by atoms with van der Waals surface area (Å²) in [4.78, 5) is 0. The minimum absolute atomic E-state index is 0. The summed E-state index contributed by atoms with van der Waals surface area (Å²) in [6.07, 6.45) is 11.8. The summed E-state index contributed by atoms with van der Waals surface area (Å²) in [5, 5.41) is 0. The molecular weight excluding hydrogens is 366 g/mol. The maximum Gasteiger partial charge on any atom is 0 e. The average Bonchev–Trinajstić information content (AvgIpc) is 2.61. The molecule has 1 saturated carbocycles. The first-order chi connectivity index (χ1) is 8.34. The number of halogens is 2. The fraction of sp³-hybridized carbons (Fsp3) is 0.353. The van der Waals surface area contributed by atoms with E-state index in [2.05, 4.69) is 61.9 Å². The third-order valence-electron chi connectivity index (χ3n) is 4.06. The number of benzene rings is 1. The molecule has 0 nitrogen and oxygen atoms in total. The fourth-order valence-corrected chi connectivity index (χ4v) is 3.27. The van der Waals surface area contributed by atoms with Crippen LogP contribution in [0.25, 0.3) is 0 Å². The fourth-order valence-electron chi connectivity index (χ4n) is 3.27. The van der Waals surface area contributed by atoms with Crippen LogP contribution in [0, 0.1) is 18.3 Å². The molecule has 1 aromatic carbocycles. The molecule has 2 aliphatic carbocycles. The number of fused-ring (bicyclic) bond motifs is 1. The maximum absolute atomic E-state index is 2.45. The van der Waals surface area contributed by atoms with Crippen molar-refractivity contribution in [1.82, 2.24) is 0 Å². The third-order valence-corrected chi connectivity index (χ3v) is 4.06. The summed E-state index contributed by atoms with van der Waals surface area (Å²) in [5.74, 6) is 2.13. The summed E-state index contributed by atoms with van der Waals surface area (Å²) in [5.41, 5.74) is 3.05. The second-order valence-corrected chi connectivity index (χ2v) is 5.33. The summed E-state index contributed by atoms with van der Waals surface area (Å²) in [6, 6.07) is 11.0. The van der Waals surface area contributed by atoms with E-state index in [-0.39, 0.29) is 51.0 Å². The van der Waals surface area contributed by atoms with Gasteiger partial charge in [-0.2, -0.15) is 0 Å². The van der Waals surface area contributed by atoms with E-state index in [1.165, 1.54) is 18.4 Å². The molecule has 0 amide bonds. The Balaban J connectivity index is 0.00000120. The first-order valence-corrected chi connectivity index (χ1v) is 6.61. The van der Waals surface area contributed by atoms with E-state index in [0.29, 0.717) is 5.92 Å². The summed E-state index contributed by atoms with van der Waals surface area (Å²) in [7, 11) is 0. The van der Waals surface area contributed by atoms with Gasteiger partial charge in [-0.05, 0) is 23.8 Å². The zero-order valence-electron chi connectivity index (χ0n) is 11.7. The molecule has 3 heteroatoms. The van der Waals surface area contributed by atoms with E-state index in [4.69, 9.17) is 0 Å². The molecule has 0 aromatic heterocycles. The SMILES string of the molecule is CC1[CH-]C2=CC=CCC(c3ccccc3)C2C1.Cl.Cl.[Zr]. The van der Waals surface area contributed by atoms with Gasteiger partial charge in [-0.3, -0.25) is 0 Å². The van der Waals surface area contributed by atoms with Gasteiger partial charge in [-0.15, -0.1) is 37.0 Å². The number of hydrogen-bond acceptors (Lipinski definition) is 0. The van der Waals surface area contributed by atoms with Gasteiger partial charge in [0.25, 0.3) is 0 Å². The van der Waals surface area contributed by atoms with Gasteiger partial charge in [0.1, 0.15) is 0 Å². The van der Waals surface area contributed by atoms with E-state index in [1.807, 2.05) is 0 Å². The van der Waals surface area contributed by atoms with Gasteiger partial charge in [-0.1, -0.05) is 49.6 Å². The van der Waals surface area contributed by atoms with E-state index in [0.717, 1.165) is 11.8 Å². The van der Waals surface area contributed by atoms with E-state index >= 15 is 0 Å². The van der Waals surface area contributed by atoms with Crippen molar-refractivity contribution in [2.24, 2.45) is 11.8 Å². The van der Waals surface area contributed by atoms with Crippen LogP contribution in [0.2, 0.25) is 0 Å². The van der Waals surface area contributed by atoms with Gasteiger partial charge < -0.3 is 0 Å². The topological polar surface area (TPSA) is 0 Å². The van der Waals surface area contributed by atoms with Gasteiger partial charge in [-0.25, -0.2) is 18.1 Å². The zero-order valence-corrected chi connectivity index (χ0v) is 15.7. The predicted octanol–water partition coefficient (Wildman–Crippen LogP) is 5.36. The summed E-state index contributed by atoms with van der Waals surface area (Å²) >= 11 is 0. The molecule has 0 saturated heterocycles. The molecule has 108 valence electrons. The van der Waals surface area contributed by atoms with Gasteiger partial charge >= 0.3 is 0 Å². The van der Waals surface area contributed by atoms with Crippen LogP contribution in [-0.2, 0) is 26.2 Å². The number of rotatable bonds is 1. The van der Waals surface area contributed by atoms with Gasteiger partial charge in [0, 0.05) is 26.2 Å². The quantitative estimate of drug-likeness (QED) is 0.569. The van der Waals surface area contributed by atoms with Crippen molar-refractivity contribution in [2.75, 3.05) is 0 Å². The van der Waals surface area contributed by atoms with Crippen molar-refractivity contribution in [3.05, 3.63) is 66.1 Å². The third kappa shape index (κ3) is 4.26. The van der Waals surface area contributed by atoms with Crippen molar-refractivity contribution >= 4 is 24.8 Å². The second kappa shape index (κ2) is 9.13. The Bertz CT molecular complexity index is 453. The van der Waals surface area contributed by atoms with Crippen molar-refractivity contribution in [2.45, 2.75) is 25.7 Å². The first-order valence-electron chi connectivity index (χ1n) is 6.61. The van der Waals surface area contributed by atoms with Crippen LogP contribution < -0.4 is 0 Å². The Kier molecular flexibility index (Phi) is 9.15. The monoisotopic (exact) mass is 385 g/mol. The van der Waals surface area contributed by atoms with Crippen LogP contribution >= 0.6 is 24.8 Å². The Morgan fingerprint density at radius 1 is 1.05 bits per heavy atom. The molecule has 0 radical (unpaired) electrons. The molecule has 0 N–H and O–H groups in total. The summed E-state index contributed by atoms with van der Waals surface area (Å²) in [6.45, 7) is 2.33. The molecule has 0 spiro atoms. The van der Waals surface area contributed by atoms with Crippen LogP contribution in [0.1, 0.15) is 31.2 Å².